The summed E-state index contributed by atoms with van der Waals surface area (Å²) < 4.78 is 20.1. The molecule has 12 heavy (non-hydrogen) atoms. The number of hydrogen-bond donors (Lipinski definition) is 0. The van der Waals surface area contributed by atoms with Gasteiger partial charge in [-0.05, 0) is 6.92 Å². The van der Waals surface area contributed by atoms with E-state index in [0.717, 1.165) is 0 Å². The number of alkyl halides is 1. The Kier molecular flexibility index (Phi) is 5.78. The number of halogens is 1. The lowest BCUT2D eigenvalue weighted by atomic mass is 10.3. The molecular formula is C7H15ClO4. The number of rotatable bonds is 6. The summed E-state index contributed by atoms with van der Waals surface area (Å²) in [5.74, 6) is -1.21. The molecule has 5 heteroatoms. The van der Waals surface area contributed by atoms with Gasteiger partial charge in [0.15, 0.2) is 0 Å². The van der Waals surface area contributed by atoms with Crippen LogP contribution in [0.1, 0.15) is 6.92 Å². The van der Waals surface area contributed by atoms with Crippen molar-refractivity contribution in [1.29, 1.82) is 0 Å². The van der Waals surface area contributed by atoms with Crippen molar-refractivity contribution in [1.82, 2.24) is 0 Å². The van der Waals surface area contributed by atoms with Gasteiger partial charge in [0.25, 0.3) is 0 Å². The predicted molar refractivity (Wildman–Crippen MR) is 45.0 cm³/mol. The van der Waals surface area contributed by atoms with Crippen molar-refractivity contribution < 1.29 is 18.9 Å². The Morgan fingerprint density at radius 3 is 2.00 bits per heavy atom. The van der Waals surface area contributed by atoms with Crippen LogP contribution in [-0.2, 0) is 18.9 Å². The van der Waals surface area contributed by atoms with Crippen LogP contribution in [0.2, 0.25) is 0 Å². The average Bonchev–Trinajstić information content (AvgIpc) is 2.13. The Hall–Kier alpha value is 0.130. The largest absolute Gasteiger partial charge is 0.373 e. The van der Waals surface area contributed by atoms with E-state index in [0.29, 0.717) is 0 Å². The second-order valence-electron chi connectivity index (χ2n) is 2.14. The van der Waals surface area contributed by atoms with Crippen molar-refractivity contribution in [2.75, 3.05) is 27.4 Å². The van der Waals surface area contributed by atoms with Crippen LogP contribution in [0.15, 0.2) is 0 Å². The van der Waals surface area contributed by atoms with Gasteiger partial charge in [-0.2, -0.15) is 0 Å². The fraction of sp³-hybridized carbons (Fsp3) is 1.00. The van der Waals surface area contributed by atoms with E-state index < -0.39 is 5.97 Å². The van der Waals surface area contributed by atoms with Crippen molar-refractivity contribution in [2.45, 2.75) is 19.0 Å². The monoisotopic (exact) mass is 198 g/mol. The van der Waals surface area contributed by atoms with Crippen molar-refractivity contribution in [3.8, 4) is 0 Å². The first kappa shape index (κ1) is 12.1. The predicted octanol–water partition coefficient (Wildman–Crippen LogP) is 1.18. The second kappa shape index (κ2) is 5.72. The van der Waals surface area contributed by atoms with Crippen LogP contribution < -0.4 is 0 Å². The minimum atomic E-state index is -1.21. The molecule has 0 aromatic rings. The van der Waals surface area contributed by atoms with Gasteiger partial charge in [0.1, 0.15) is 12.2 Å². The highest BCUT2D eigenvalue weighted by Crippen LogP contribution is 2.20. The second-order valence-corrected chi connectivity index (χ2v) is 2.36. The molecule has 0 aliphatic rings. The summed E-state index contributed by atoms with van der Waals surface area (Å²) in [4.78, 5) is 0. The van der Waals surface area contributed by atoms with Gasteiger partial charge < -0.3 is 18.9 Å². The summed E-state index contributed by atoms with van der Waals surface area (Å²) in [6.45, 7) is 1.76. The summed E-state index contributed by atoms with van der Waals surface area (Å²) in [5.41, 5.74) is 0. The van der Waals surface area contributed by atoms with Gasteiger partial charge in [0, 0.05) is 21.3 Å². The van der Waals surface area contributed by atoms with Crippen LogP contribution in [0.3, 0.4) is 0 Å². The van der Waals surface area contributed by atoms with Crippen LogP contribution in [0, 0.1) is 0 Å². The zero-order valence-electron chi connectivity index (χ0n) is 7.80. The smallest absolute Gasteiger partial charge is 0.311 e. The molecule has 4 nitrogen and oxygen atoms in total. The highest BCUT2D eigenvalue weighted by Gasteiger charge is 2.38. The van der Waals surface area contributed by atoms with E-state index in [1.807, 2.05) is 0 Å². The quantitative estimate of drug-likeness (QED) is 0.475. The third kappa shape index (κ3) is 2.57. The molecule has 0 heterocycles. The highest BCUT2D eigenvalue weighted by molar-refractivity contribution is 6.17. The molecule has 0 aromatic heterocycles. The van der Waals surface area contributed by atoms with Gasteiger partial charge in [-0.15, -0.1) is 0 Å². The first-order valence-electron chi connectivity index (χ1n) is 3.49. The summed E-state index contributed by atoms with van der Waals surface area (Å²) in [7, 11) is 4.46. The molecule has 1 unspecified atom stereocenters. The maximum absolute atomic E-state index is 5.41. The van der Waals surface area contributed by atoms with Crippen molar-refractivity contribution >= 4 is 11.6 Å². The summed E-state index contributed by atoms with van der Waals surface area (Å²) in [5, 5.41) is 0. The zero-order chi connectivity index (χ0) is 9.61. The fourth-order valence-corrected chi connectivity index (χ4v) is 1.02. The van der Waals surface area contributed by atoms with Crippen LogP contribution in [0.25, 0.3) is 0 Å². The SMILES string of the molecule is COC(C)C(OC)(OC)OCCl. The molecule has 0 amide bonds. The number of methoxy groups -OCH3 is 3. The topological polar surface area (TPSA) is 36.9 Å². The van der Waals surface area contributed by atoms with Gasteiger partial charge >= 0.3 is 5.97 Å². The lowest BCUT2D eigenvalue weighted by Crippen LogP contribution is -2.47. The number of hydrogen-bond acceptors (Lipinski definition) is 4. The fourth-order valence-electron chi connectivity index (χ4n) is 0.871. The molecule has 0 rings (SSSR count). The highest BCUT2D eigenvalue weighted by atomic mass is 35.5. The molecule has 0 fully saturated rings. The van der Waals surface area contributed by atoms with E-state index in [-0.39, 0.29) is 12.2 Å². The van der Waals surface area contributed by atoms with Gasteiger partial charge in [-0.25, -0.2) is 0 Å². The van der Waals surface area contributed by atoms with Gasteiger partial charge in [0.05, 0.1) is 0 Å². The normalized spacial score (nSPS) is 14.8. The average molecular weight is 199 g/mol. The molecule has 0 saturated carbocycles. The Morgan fingerprint density at radius 2 is 1.75 bits per heavy atom. The van der Waals surface area contributed by atoms with E-state index in [1.165, 1.54) is 21.3 Å². The van der Waals surface area contributed by atoms with E-state index in [1.54, 1.807) is 6.92 Å². The lowest BCUT2D eigenvalue weighted by Gasteiger charge is -2.33. The van der Waals surface area contributed by atoms with Crippen LogP contribution in [0.4, 0.5) is 0 Å². The lowest BCUT2D eigenvalue weighted by molar-refractivity contribution is -0.391. The first-order valence-corrected chi connectivity index (χ1v) is 4.03. The molecule has 0 saturated heterocycles. The Labute approximate surface area is 77.7 Å². The molecule has 0 aromatic carbocycles. The van der Waals surface area contributed by atoms with Gasteiger partial charge in [0.2, 0.25) is 0 Å². The summed E-state index contributed by atoms with van der Waals surface area (Å²) in [6, 6.07) is -0.0185. The van der Waals surface area contributed by atoms with E-state index in [9.17, 15) is 0 Å². The molecule has 0 aliphatic carbocycles. The minimum absolute atomic E-state index is 0.0185. The molecule has 0 radical (unpaired) electrons. The summed E-state index contributed by atoms with van der Waals surface area (Å²) in [6.07, 6.45) is -0.355. The standard InChI is InChI=1S/C7H15ClO4/c1-6(9-2)7(10-3,11-4)12-5-8/h6H,5H2,1-4H3. The Bertz CT molecular complexity index is 116. The number of ether oxygens (including phenoxy) is 4. The summed E-state index contributed by atoms with van der Waals surface area (Å²) >= 11 is 5.41. The van der Waals surface area contributed by atoms with E-state index in [4.69, 9.17) is 30.5 Å². The molecule has 0 aliphatic heterocycles. The van der Waals surface area contributed by atoms with Crippen molar-refractivity contribution in [2.24, 2.45) is 0 Å². The third-order valence-corrected chi connectivity index (χ3v) is 1.79. The van der Waals surface area contributed by atoms with Gasteiger partial charge in [-0.3, -0.25) is 0 Å². The van der Waals surface area contributed by atoms with E-state index >= 15 is 0 Å². The Morgan fingerprint density at radius 1 is 1.25 bits per heavy atom. The molecular weight excluding hydrogens is 184 g/mol. The third-order valence-electron chi connectivity index (χ3n) is 1.68. The first-order chi connectivity index (χ1) is 5.66. The maximum atomic E-state index is 5.41. The minimum Gasteiger partial charge on any atom is -0.373 e. The zero-order valence-corrected chi connectivity index (χ0v) is 8.55. The van der Waals surface area contributed by atoms with E-state index in [2.05, 4.69) is 0 Å². The molecule has 0 N–H and O–H groups in total. The van der Waals surface area contributed by atoms with Crippen molar-refractivity contribution in [3.05, 3.63) is 0 Å². The van der Waals surface area contributed by atoms with Crippen LogP contribution in [0.5, 0.6) is 0 Å². The van der Waals surface area contributed by atoms with Crippen LogP contribution in [-0.4, -0.2) is 39.5 Å². The maximum Gasteiger partial charge on any atom is 0.311 e. The molecule has 0 spiro atoms. The molecule has 0 bridgehead atoms. The molecule has 74 valence electrons. The van der Waals surface area contributed by atoms with Crippen LogP contribution >= 0.6 is 11.6 Å². The van der Waals surface area contributed by atoms with Gasteiger partial charge in [-0.1, -0.05) is 11.6 Å². The Balaban J connectivity index is 4.33. The molecule has 1 atom stereocenters. The van der Waals surface area contributed by atoms with Crippen molar-refractivity contribution in [3.63, 3.8) is 0 Å².